The van der Waals surface area contributed by atoms with Crippen molar-refractivity contribution < 1.29 is 0 Å². The number of aryl methyl sites for hydroxylation is 1. The van der Waals surface area contributed by atoms with Crippen LogP contribution in [0.1, 0.15) is 16.7 Å². The lowest BCUT2D eigenvalue weighted by Gasteiger charge is -2.10. The van der Waals surface area contributed by atoms with Gasteiger partial charge in [0.25, 0.3) is 0 Å². The quantitative estimate of drug-likeness (QED) is 0.844. The molecule has 0 aliphatic carbocycles. The van der Waals surface area contributed by atoms with Crippen molar-refractivity contribution in [2.45, 2.75) is 18.4 Å². The van der Waals surface area contributed by atoms with Gasteiger partial charge in [-0.25, -0.2) is 0 Å². The molecule has 0 saturated heterocycles. The van der Waals surface area contributed by atoms with Gasteiger partial charge in [-0.15, -0.1) is 11.8 Å². The Kier molecular flexibility index (Phi) is 4.48. The Labute approximate surface area is 118 Å². The first-order chi connectivity index (χ1) is 9.22. The normalized spacial score (nSPS) is 9.95. The van der Waals surface area contributed by atoms with E-state index in [-0.39, 0.29) is 0 Å². The predicted octanol–water partition coefficient (Wildman–Crippen LogP) is 4.20. The van der Waals surface area contributed by atoms with Crippen LogP contribution in [0.5, 0.6) is 0 Å². The third-order valence-electron chi connectivity index (χ3n) is 3.01. The average molecular weight is 268 g/mol. The van der Waals surface area contributed by atoms with Gasteiger partial charge in [0, 0.05) is 17.1 Å². The van der Waals surface area contributed by atoms with Crippen molar-refractivity contribution in [1.29, 1.82) is 5.26 Å². The molecule has 2 nitrogen and oxygen atoms in total. The lowest BCUT2D eigenvalue weighted by Crippen LogP contribution is -2.01. The van der Waals surface area contributed by atoms with Gasteiger partial charge in [-0.2, -0.15) is 5.26 Å². The molecule has 0 atom stereocenters. The number of thioether (sulfide) groups is 1. The summed E-state index contributed by atoms with van der Waals surface area (Å²) in [6, 6.07) is 16.4. The van der Waals surface area contributed by atoms with Crippen LogP contribution in [0.2, 0.25) is 0 Å². The first kappa shape index (κ1) is 13.5. The maximum absolute atomic E-state index is 8.92. The number of anilines is 1. The molecule has 0 aromatic heterocycles. The Morgan fingerprint density at radius 2 is 1.89 bits per heavy atom. The number of nitriles is 1. The molecule has 0 heterocycles. The van der Waals surface area contributed by atoms with E-state index in [2.05, 4.69) is 41.9 Å². The first-order valence-corrected chi connectivity index (χ1v) is 7.33. The standard InChI is InChI=1S/C16H16N2S/c1-12-3-4-14(10-17)9-16(12)18-11-13-5-7-15(19-2)8-6-13/h3-9,18H,11H2,1-2H3. The molecular formula is C16H16N2S. The number of benzene rings is 2. The van der Waals surface area contributed by atoms with Crippen LogP contribution >= 0.6 is 11.8 Å². The first-order valence-electron chi connectivity index (χ1n) is 6.10. The Morgan fingerprint density at radius 3 is 2.53 bits per heavy atom. The van der Waals surface area contributed by atoms with Crippen LogP contribution in [0, 0.1) is 18.3 Å². The predicted molar refractivity (Wildman–Crippen MR) is 81.4 cm³/mol. The topological polar surface area (TPSA) is 35.8 Å². The summed E-state index contributed by atoms with van der Waals surface area (Å²) in [5.74, 6) is 0. The van der Waals surface area contributed by atoms with Crippen molar-refractivity contribution in [3.05, 3.63) is 59.2 Å². The molecule has 0 fully saturated rings. The van der Waals surface area contributed by atoms with Crippen LogP contribution in [-0.4, -0.2) is 6.26 Å². The van der Waals surface area contributed by atoms with Crippen molar-refractivity contribution in [1.82, 2.24) is 0 Å². The zero-order valence-corrected chi connectivity index (χ0v) is 11.9. The van der Waals surface area contributed by atoms with Crippen molar-refractivity contribution in [3.8, 4) is 6.07 Å². The largest absolute Gasteiger partial charge is 0.381 e. The second kappa shape index (κ2) is 6.31. The second-order valence-electron chi connectivity index (χ2n) is 4.34. The minimum absolute atomic E-state index is 0.686. The van der Waals surface area contributed by atoms with E-state index < -0.39 is 0 Å². The van der Waals surface area contributed by atoms with Gasteiger partial charge in [0.05, 0.1) is 11.6 Å². The van der Waals surface area contributed by atoms with E-state index in [1.807, 2.05) is 25.1 Å². The zero-order valence-electron chi connectivity index (χ0n) is 11.1. The summed E-state index contributed by atoms with van der Waals surface area (Å²) < 4.78 is 0. The lowest BCUT2D eigenvalue weighted by molar-refractivity contribution is 1.13. The fourth-order valence-electron chi connectivity index (χ4n) is 1.82. The number of nitrogens with zero attached hydrogens (tertiary/aromatic N) is 1. The van der Waals surface area contributed by atoms with E-state index in [0.29, 0.717) is 5.56 Å². The molecule has 2 aromatic rings. The summed E-state index contributed by atoms with van der Waals surface area (Å²) in [4.78, 5) is 1.27. The summed E-state index contributed by atoms with van der Waals surface area (Å²) in [7, 11) is 0. The summed E-state index contributed by atoms with van der Waals surface area (Å²) >= 11 is 1.74. The van der Waals surface area contributed by atoms with Crippen LogP contribution in [-0.2, 0) is 6.54 Å². The molecule has 0 aliphatic rings. The summed E-state index contributed by atoms with van der Waals surface area (Å²) in [5, 5.41) is 12.3. The van der Waals surface area contributed by atoms with Gasteiger partial charge in [-0.1, -0.05) is 18.2 Å². The molecule has 0 saturated carbocycles. The average Bonchev–Trinajstić information content (AvgIpc) is 2.47. The van der Waals surface area contributed by atoms with E-state index in [1.54, 1.807) is 11.8 Å². The van der Waals surface area contributed by atoms with Crippen LogP contribution in [0.3, 0.4) is 0 Å². The highest BCUT2D eigenvalue weighted by Gasteiger charge is 2.00. The molecule has 0 unspecified atom stereocenters. The van der Waals surface area contributed by atoms with Gasteiger partial charge in [0.15, 0.2) is 0 Å². The van der Waals surface area contributed by atoms with E-state index >= 15 is 0 Å². The molecule has 0 bridgehead atoms. The van der Waals surface area contributed by atoms with E-state index in [9.17, 15) is 0 Å². The zero-order chi connectivity index (χ0) is 13.7. The number of rotatable bonds is 4. The van der Waals surface area contributed by atoms with Crippen LogP contribution in [0.15, 0.2) is 47.4 Å². The Balaban J connectivity index is 2.07. The maximum atomic E-state index is 8.92. The maximum Gasteiger partial charge on any atom is 0.0992 e. The van der Waals surface area contributed by atoms with Gasteiger partial charge < -0.3 is 5.32 Å². The van der Waals surface area contributed by atoms with Gasteiger partial charge in [0.1, 0.15) is 0 Å². The highest BCUT2D eigenvalue weighted by Crippen LogP contribution is 2.19. The molecule has 0 aliphatic heterocycles. The van der Waals surface area contributed by atoms with Crippen LogP contribution in [0.25, 0.3) is 0 Å². The molecule has 2 rings (SSSR count). The highest BCUT2D eigenvalue weighted by atomic mass is 32.2. The Bertz CT molecular complexity index is 597. The summed E-state index contributed by atoms with van der Waals surface area (Å²) in [5.41, 5.74) is 4.10. The molecule has 96 valence electrons. The van der Waals surface area contributed by atoms with Gasteiger partial charge >= 0.3 is 0 Å². The van der Waals surface area contributed by atoms with Crippen molar-refractivity contribution >= 4 is 17.4 Å². The summed E-state index contributed by atoms with van der Waals surface area (Å²) in [6.45, 7) is 2.81. The molecular weight excluding hydrogens is 252 g/mol. The number of hydrogen-bond acceptors (Lipinski definition) is 3. The summed E-state index contributed by atoms with van der Waals surface area (Å²) in [6.07, 6.45) is 2.07. The van der Waals surface area contributed by atoms with Gasteiger partial charge in [0.2, 0.25) is 0 Å². The van der Waals surface area contributed by atoms with E-state index in [4.69, 9.17) is 5.26 Å². The highest BCUT2D eigenvalue weighted by molar-refractivity contribution is 7.98. The molecule has 19 heavy (non-hydrogen) atoms. The van der Waals surface area contributed by atoms with Crippen molar-refractivity contribution in [3.63, 3.8) is 0 Å². The van der Waals surface area contributed by atoms with Crippen LogP contribution in [0.4, 0.5) is 5.69 Å². The second-order valence-corrected chi connectivity index (χ2v) is 5.22. The fourth-order valence-corrected chi connectivity index (χ4v) is 2.23. The minimum atomic E-state index is 0.686. The van der Waals surface area contributed by atoms with E-state index in [0.717, 1.165) is 17.8 Å². The minimum Gasteiger partial charge on any atom is -0.381 e. The molecule has 0 spiro atoms. The monoisotopic (exact) mass is 268 g/mol. The lowest BCUT2D eigenvalue weighted by atomic mass is 10.1. The smallest absolute Gasteiger partial charge is 0.0992 e. The Morgan fingerprint density at radius 1 is 1.16 bits per heavy atom. The molecule has 1 N–H and O–H groups in total. The SMILES string of the molecule is CSc1ccc(CNc2cc(C#N)ccc2C)cc1. The molecule has 3 heteroatoms. The van der Waals surface area contributed by atoms with Crippen molar-refractivity contribution in [2.24, 2.45) is 0 Å². The Hall–Kier alpha value is -1.92. The molecule has 0 amide bonds. The van der Waals surface area contributed by atoms with Crippen molar-refractivity contribution in [2.75, 3.05) is 11.6 Å². The number of nitrogens with one attached hydrogen (secondary N) is 1. The molecule has 2 aromatic carbocycles. The molecule has 0 radical (unpaired) electrons. The van der Waals surface area contributed by atoms with E-state index in [1.165, 1.54) is 10.5 Å². The van der Waals surface area contributed by atoms with Gasteiger partial charge in [-0.3, -0.25) is 0 Å². The van der Waals surface area contributed by atoms with Gasteiger partial charge in [-0.05, 0) is 48.6 Å². The number of hydrogen-bond donors (Lipinski definition) is 1. The fraction of sp³-hybridized carbons (Fsp3) is 0.188. The van der Waals surface area contributed by atoms with Crippen LogP contribution < -0.4 is 5.32 Å². The third-order valence-corrected chi connectivity index (χ3v) is 3.75. The third kappa shape index (κ3) is 3.52.